The molecule has 0 saturated heterocycles. The molecule has 1 atom stereocenters. The Labute approximate surface area is 111 Å². The summed E-state index contributed by atoms with van der Waals surface area (Å²) in [6, 6.07) is 9.16. The Morgan fingerprint density at radius 3 is 2.75 bits per heavy atom. The molecule has 1 N–H and O–H groups in total. The number of ether oxygens (including phenoxy) is 1. The van der Waals surface area contributed by atoms with Crippen LogP contribution in [0.4, 0.5) is 0 Å². The molecule has 1 aromatic carbocycles. The molecule has 0 aliphatic rings. The van der Waals surface area contributed by atoms with Gasteiger partial charge < -0.3 is 0 Å². The summed E-state index contributed by atoms with van der Waals surface area (Å²) in [6.07, 6.45) is 0.0758. The van der Waals surface area contributed by atoms with Crippen LogP contribution in [0, 0.1) is 0 Å². The van der Waals surface area contributed by atoms with Crippen LogP contribution in [0.2, 0.25) is 3.93 Å². The molecule has 5 heteroatoms. The average molecular weight is 428 g/mol. The molecular formula is C11H14ClHgNO2. The predicted molar refractivity (Wildman–Crippen MR) is 60.2 cm³/mol. The van der Waals surface area contributed by atoms with Gasteiger partial charge in [-0.2, -0.15) is 0 Å². The number of hydrogen-bond acceptors (Lipinski definition) is 2. The monoisotopic (exact) mass is 429 g/mol. The Hall–Kier alpha value is -0.125. The molecule has 84 valence electrons. The van der Waals surface area contributed by atoms with E-state index < -0.39 is 23.3 Å². The molecule has 0 aromatic heterocycles. The Balaban J connectivity index is 2.40. The van der Waals surface area contributed by atoms with E-state index >= 15 is 0 Å². The molecule has 0 saturated carbocycles. The molecule has 1 amide bonds. The van der Waals surface area contributed by atoms with E-state index in [9.17, 15) is 4.79 Å². The van der Waals surface area contributed by atoms with Crippen molar-refractivity contribution in [1.82, 2.24) is 5.32 Å². The number of halogens is 1. The zero-order valence-corrected chi connectivity index (χ0v) is 15.5. The molecule has 0 fully saturated rings. The first kappa shape index (κ1) is 13.9. The summed E-state index contributed by atoms with van der Waals surface area (Å²) >= 11 is -1.21. The zero-order valence-electron chi connectivity index (χ0n) is 9.28. The van der Waals surface area contributed by atoms with Gasteiger partial charge in [-0.25, -0.2) is 0 Å². The number of benzene rings is 1. The van der Waals surface area contributed by atoms with Crippen LogP contribution < -0.4 is 5.32 Å². The quantitative estimate of drug-likeness (QED) is 0.705. The van der Waals surface area contributed by atoms with Crippen molar-refractivity contribution in [3.63, 3.8) is 0 Å². The van der Waals surface area contributed by atoms with E-state index in [0.29, 0.717) is 12.1 Å². The number of nitrogens with one attached hydrogen (secondary N) is 1. The Morgan fingerprint density at radius 1 is 1.50 bits per heavy atom. The molecule has 3 nitrogen and oxygen atoms in total. The second-order valence-corrected chi connectivity index (χ2v) is 10.4. The molecule has 1 rings (SSSR count). The van der Waals surface area contributed by atoms with Crippen molar-refractivity contribution in [1.29, 1.82) is 0 Å². The summed E-state index contributed by atoms with van der Waals surface area (Å²) in [7, 11) is 7.49. The van der Waals surface area contributed by atoms with Gasteiger partial charge in [-0.05, 0) is 0 Å². The first-order valence-corrected chi connectivity index (χ1v) is 15.9. The molecule has 0 aliphatic carbocycles. The fraction of sp³-hybridized carbons (Fsp3) is 0.364. The van der Waals surface area contributed by atoms with Gasteiger partial charge in [-0.3, -0.25) is 0 Å². The molecule has 0 radical (unpaired) electrons. The summed E-state index contributed by atoms with van der Waals surface area (Å²) in [5, 5.41) is 2.85. The third kappa shape index (κ3) is 4.81. The summed E-state index contributed by atoms with van der Waals surface area (Å²) in [6.45, 7) is 0.539. The number of methoxy groups -OCH3 is 1. The van der Waals surface area contributed by atoms with Gasteiger partial charge in [0.15, 0.2) is 0 Å². The number of carbonyl (C=O) groups is 1. The summed E-state index contributed by atoms with van der Waals surface area (Å²) in [4.78, 5) is 11.7. The molecule has 0 aliphatic heterocycles. The molecule has 0 bridgehead atoms. The van der Waals surface area contributed by atoms with Gasteiger partial charge in [0.25, 0.3) is 0 Å². The fourth-order valence-electron chi connectivity index (χ4n) is 1.32. The fourth-order valence-corrected chi connectivity index (χ4v) is 6.11. The minimum absolute atomic E-state index is 0.0612. The third-order valence-corrected chi connectivity index (χ3v) is 7.56. The molecule has 1 aromatic rings. The van der Waals surface area contributed by atoms with E-state index in [-0.39, 0.29) is 12.0 Å². The van der Waals surface area contributed by atoms with Gasteiger partial charge in [0, 0.05) is 0 Å². The van der Waals surface area contributed by atoms with E-state index in [2.05, 4.69) is 5.32 Å². The van der Waals surface area contributed by atoms with Crippen molar-refractivity contribution in [3.8, 4) is 0 Å². The van der Waals surface area contributed by atoms with E-state index in [1.807, 2.05) is 18.2 Å². The predicted octanol–water partition coefficient (Wildman–Crippen LogP) is 2.09. The number of carbonyl (C=O) groups excluding carboxylic acids is 1. The van der Waals surface area contributed by atoms with Crippen molar-refractivity contribution in [3.05, 3.63) is 35.9 Å². The van der Waals surface area contributed by atoms with Gasteiger partial charge in [0.05, 0.1) is 0 Å². The number of amides is 1. The van der Waals surface area contributed by atoms with Crippen molar-refractivity contribution < 1.29 is 32.9 Å². The van der Waals surface area contributed by atoms with Crippen LogP contribution in [-0.4, -0.2) is 25.7 Å². The normalized spacial score (nSPS) is 11.6. The molecule has 1 unspecified atom stereocenters. The van der Waals surface area contributed by atoms with Crippen molar-refractivity contribution in [2.75, 3.05) is 13.7 Å². The summed E-state index contributed by atoms with van der Waals surface area (Å²) in [5.74, 6) is -0.0612. The van der Waals surface area contributed by atoms with Crippen LogP contribution >= 0.6 is 8.25 Å². The number of rotatable bonds is 6. The van der Waals surface area contributed by atoms with Gasteiger partial charge in [-0.15, -0.1) is 0 Å². The van der Waals surface area contributed by atoms with E-state index in [4.69, 9.17) is 13.0 Å². The van der Waals surface area contributed by atoms with Crippen molar-refractivity contribution in [2.45, 2.75) is 10.0 Å². The Kier molecular flexibility index (Phi) is 7.00. The van der Waals surface area contributed by atoms with Gasteiger partial charge >= 0.3 is 112 Å². The van der Waals surface area contributed by atoms with Crippen molar-refractivity contribution >= 4 is 14.2 Å². The molecular weight excluding hydrogens is 414 g/mol. The SMILES string of the molecule is COC(CNC(=O)c1ccccc1)[CH2][Hg][Cl]. The summed E-state index contributed by atoms with van der Waals surface area (Å²) < 4.78 is 6.18. The second-order valence-electron chi connectivity index (χ2n) is 3.41. The first-order valence-electron chi connectivity index (χ1n) is 5.20. The van der Waals surface area contributed by atoms with Crippen LogP contribution in [0.5, 0.6) is 0 Å². The van der Waals surface area contributed by atoms with Crippen LogP contribution in [0.1, 0.15) is 10.4 Å². The second kappa shape index (κ2) is 8.04. The van der Waals surface area contributed by atoms with Gasteiger partial charge in [-0.1, -0.05) is 0 Å². The Morgan fingerprint density at radius 2 is 2.19 bits per heavy atom. The zero-order chi connectivity index (χ0) is 11.8. The van der Waals surface area contributed by atoms with Gasteiger partial charge in [0.1, 0.15) is 0 Å². The van der Waals surface area contributed by atoms with Crippen LogP contribution in [0.25, 0.3) is 0 Å². The number of hydrogen-bond donors (Lipinski definition) is 1. The minimum atomic E-state index is -1.21. The molecule has 16 heavy (non-hydrogen) atoms. The van der Waals surface area contributed by atoms with Gasteiger partial charge in [0.2, 0.25) is 0 Å². The van der Waals surface area contributed by atoms with Crippen LogP contribution in [-0.2, 0) is 28.1 Å². The first-order chi connectivity index (χ1) is 7.77. The van der Waals surface area contributed by atoms with Crippen LogP contribution in [0.3, 0.4) is 0 Å². The molecule has 0 spiro atoms. The standard InChI is InChI=1S/C11H14NO2.ClH.Hg/c1-9(14-2)8-12-11(13)10-6-4-3-5-7-10;;/h3-7,9H,1,8H2,2H3,(H,12,13);1H;/q;;+1/p-1. The molecule has 0 heterocycles. The average Bonchev–Trinajstić information content (AvgIpc) is 2.35. The maximum absolute atomic E-state index is 11.7. The topological polar surface area (TPSA) is 38.3 Å². The van der Waals surface area contributed by atoms with E-state index in [0.717, 1.165) is 3.93 Å². The van der Waals surface area contributed by atoms with Crippen molar-refractivity contribution in [2.24, 2.45) is 0 Å². The third-order valence-electron chi connectivity index (χ3n) is 2.29. The Bertz CT molecular complexity index is 321. The van der Waals surface area contributed by atoms with E-state index in [1.165, 1.54) is 0 Å². The van der Waals surface area contributed by atoms with Crippen LogP contribution in [0.15, 0.2) is 30.3 Å². The summed E-state index contributed by atoms with van der Waals surface area (Å²) in [5.41, 5.74) is 0.674. The van der Waals surface area contributed by atoms with E-state index in [1.54, 1.807) is 19.2 Å². The maximum atomic E-state index is 11.7.